The maximum Gasteiger partial charge on any atom is 0.292 e. The summed E-state index contributed by atoms with van der Waals surface area (Å²) >= 11 is 0. The third kappa shape index (κ3) is 2.66. The van der Waals surface area contributed by atoms with Gasteiger partial charge in [0.05, 0.1) is 13.2 Å². The summed E-state index contributed by atoms with van der Waals surface area (Å²) in [4.78, 5) is 14.2. The van der Waals surface area contributed by atoms with Gasteiger partial charge in [-0.3, -0.25) is 4.79 Å². The highest BCUT2D eigenvalue weighted by atomic mass is 16.5. The predicted molar refractivity (Wildman–Crippen MR) is 66.6 cm³/mol. The van der Waals surface area contributed by atoms with Crippen LogP contribution in [0.15, 0.2) is 10.6 Å². The Hall–Kier alpha value is -1.52. The van der Waals surface area contributed by atoms with Crippen molar-refractivity contribution in [3.63, 3.8) is 0 Å². The second-order valence-corrected chi connectivity index (χ2v) is 4.62. The summed E-state index contributed by atoms with van der Waals surface area (Å²) in [5.74, 6) is 0.525. The molecular formula is C13H20N2O3. The van der Waals surface area contributed by atoms with E-state index in [-0.39, 0.29) is 11.7 Å². The zero-order chi connectivity index (χ0) is 13.0. The molecule has 0 saturated heterocycles. The molecule has 0 aliphatic heterocycles. The van der Waals surface area contributed by atoms with E-state index in [0.717, 1.165) is 12.8 Å². The molecule has 1 aromatic rings. The van der Waals surface area contributed by atoms with Gasteiger partial charge in [-0.2, -0.15) is 0 Å². The van der Waals surface area contributed by atoms with Crippen molar-refractivity contribution in [2.75, 3.05) is 13.7 Å². The minimum atomic E-state index is -0.0831. The first-order valence-corrected chi connectivity index (χ1v) is 6.58. The lowest BCUT2D eigenvalue weighted by Crippen LogP contribution is -2.41. The van der Waals surface area contributed by atoms with Gasteiger partial charge in [-0.25, -0.2) is 0 Å². The van der Waals surface area contributed by atoms with Crippen LogP contribution < -0.4 is 4.74 Å². The highest BCUT2D eigenvalue weighted by Gasteiger charge is 2.27. The number of rotatable bonds is 4. The molecule has 0 radical (unpaired) electrons. The topological polar surface area (TPSA) is 55.6 Å². The maximum absolute atomic E-state index is 12.3. The molecule has 5 heteroatoms. The monoisotopic (exact) mass is 252 g/mol. The zero-order valence-electron chi connectivity index (χ0n) is 11.0. The van der Waals surface area contributed by atoms with E-state index in [1.54, 1.807) is 6.07 Å². The van der Waals surface area contributed by atoms with Crippen LogP contribution in [0.1, 0.15) is 49.6 Å². The molecule has 18 heavy (non-hydrogen) atoms. The summed E-state index contributed by atoms with van der Waals surface area (Å²) in [6.07, 6.45) is 5.86. The van der Waals surface area contributed by atoms with Crippen molar-refractivity contribution in [3.05, 3.63) is 11.8 Å². The molecule has 2 rings (SSSR count). The first-order valence-electron chi connectivity index (χ1n) is 6.58. The van der Waals surface area contributed by atoms with Crippen molar-refractivity contribution < 1.29 is 14.1 Å². The minimum absolute atomic E-state index is 0.0831. The standard InChI is InChI=1S/C13H20N2O3/c1-3-15(10-7-5-4-6-8-10)13(16)11-9-12(17-2)14-18-11/h9-10H,3-8H2,1-2H3. The van der Waals surface area contributed by atoms with Crippen LogP contribution in [0.5, 0.6) is 5.88 Å². The Kier molecular flexibility index (Phi) is 4.23. The van der Waals surface area contributed by atoms with E-state index in [4.69, 9.17) is 9.26 Å². The van der Waals surface area contributed by atoms with Gasteiger partial charge < -0.3 is 14.2 Å². The Morgan fingerprint density at radius 2 is 2.22 bits per heavy atom. The van der Waals surface area contributed by atoms with Crippen molar-refractivity contribution in [1.82, 2.24) is 10.1 Å². The number of hydrogen-bond acceptors (Lipinski definition) is 4. The highest BCUT2D eigenvalue weighted by molar-refractivity contribution is 5.91. The van der Waals surface area contributed by atoms with Crippen molar-refractivity contribution >= 4 is 5.91 Å². The highest BCUT2D eigenvalue weighted by Crippen LogP contribution is 2.24. The predicted octanol–water partition coefficient (Wildman–Crippen LogP) is 2.48. The van der Waals surface area contributed by atoms with Crippen LogP contribution in [-0.4, -0.2) is 35.7 Å². The van der Waals surface area contributed by atoms with Gasteiger partial charge in [-0.05, 0) is 24.9 Å². The number of hydrogen-bond donors (Lipinski definition) is 0. The summed E-state index contributed by atoms with van der Waals surface area (Å²) in [6.45, 7) is 2.70. The van der Waals surface area contributed by atoms with E-state index in [1.807, 2.05) is 11.8 Å². The number of carbonyl (C=O) groups excluding carboxylic acids is 1. The fourth-order valence-corrected chi connectivity index (χ4v) is 2.56. The molecule has 0 spiro atoms. The Morgan fingerprint density at radius 3 is 2.78 bits per heavy atom. The summed E-state index contributed by atoms with van der Waals surface area (Å²) < 4.78 is 9.95. The molecular weight excluding hydrogens is 232 g/mol. The van der Waals surface area contributed by atoms with Crippen molar-refractivity contribution in [2.24, 2.45) is 0 Å². The van der Waals surface area contributed by atoms with Crippen LogP contribution in [0.25, 0.3) is 0 Å². The van der Waals surface area contributed by atoms with E-state index in [9.17, 15) is 4.79 Å². The molecule has 0 bridgehead atoms. The normalized spacial score (nSPS) is 16.6. The van der Waals surface area contributed by atoms with Gasteiger partial charge >= 0.3 is 0 Å². The number of carbonyl (C=O) groups is 1. The van der Waals surface area contributed by atoms with Gasteiger partial charge in [0.2, 0.25) is 5.76 Å². The number of ether oxygens (including phenoxy) is 1. The van der Waals surface area contributed by atoms with Crippen molar-refractivity contribution in [3.8, 4) is 5.88 Å². The van der Waals surface area contributed by atoms with E-state index in [0.29, 0.717) is 18.5 Å². The minimum Gasteiger partial charge on any atom is -0.479 e. The van der Waals surface area contributed by atoms with E-state index >= 15 is 0 Å². The molecule has 1 aliphatic rings. The zero-order valence-corrected chi connectivity index (χ0v) is 11.0. The third-order valence-electron chi connectivity index (χ3n) is 3.53. The molecule has 100 valence electrons. The average Bonchev–Trinajstić information content (AvgIpc) is 2.89. The number of aromatic nitrogens is 1. The van der Waals surface area contributed by atoms with Gasteiger partial charge in [-0.1, -0.05) is 19.3 Å². The molecule has 1 saturated carbocycles. The van der Waals surface area contributed by atoms with Crippen molar-refractivity contribution in [1.29, 1.82) is 0 Å². The van der Waals surface area contributed by atoms with E-state index in [1.165, 1.54) is 26.4 Å². The van der Waals surface area contributed by atoms with Crippen LogP contribution in [0.3, 0.4) is 0 Å². The van der Waals surface area contributed by atoms with Crippen LogP contribution in [0, 0.1) is 0 Å². The first kappa shape index (κ1) is 12.9. The largest absolute Gasteiger partial charge is 0.479 e. The van der Waals surface area contributed by atoms with Crippen molar-refractivity contribution in [2.45, 2.75) is 45.1 Å². The Morgan fingerprint density at radius 1 is 1.50 bits per heavy atom. The summed E-state index contributed by atoms with van der Waals surface area (Å²) in [5, 5.41) is 3.67. The summed E-state index contributed by atoms with van der Waals surface area (Å²) in [7, 11) is 1.50. The molecule has 1 fully saturated rings. The molecule has 1 aliphatic carbocycles. The number of nitrogens with zero attached hydrogens (tertiary/aromatic N) is 2. The van der Waals surface area contributed by atoms with E-state index in [2.05, 4.69) is 5.16 Å². The maximum atomic E-state index is 12.3. The van der Waals surface area contributed by atoms with Crippen LogP contribution in [-0.2, 0) is 0 Å². The Bertz CT molecular complexity index is 397. The van der Waals surface area contributed by atoms with Gasteiger partial charge in [0.15, 0.2) is 0 Å². The average molecular weight is 252 g/mol. The summed E-state index contributed by atoms with van der Waals surface area (Å²) in [5.41, 5.74) is 0. The van der Waals surface area contributed by atoms with Gasteiger partial charge in [0, 0.05) is 12.6 Å². The molecule has 0 atom stereocenters. The smallest absolute Gasteiger partial charge is 0.292 e. The molecule has 0 aromatic carbocycles. The van der Waals surface area contributed by atoms with Crippen LogP contribution in [0.4, 0.5) is 0 Å². The molecule has 0 unspecified atom stereocenters. The Labute approximate surface area is 107 Å². The lowest BCUT2D eigenvalue weighted by Gasteiger charge is -2.32. The number of methoxy groups -OCH3 is 1. The Balaban J connectivity index is 2.08. The second kappa shape index (κ2) is 5.89. The fraction of sp³-hybridized carbons (Fsp3) is 0.692. The molecule has 5 nitrogen and oxygen atoms in total. The van der Waals surface area contributed by atoms with E-state index < -0.39 is 0 Å². The molecule has 0 N–H and O–H groups in total. The first-order chi connectivity index (χ1) is 8.76. The van der Waals surface area contributed by atoms with Crippen LogP contribution in [0.2, 0.25) is 0 Å². The third-order valence-corrected chi connectivity index (χ3v) is 3.53. The lowest BCUT2D eigenvalue weighted by molar-refractivity contribution is 0.0605. The molecule has 1 aromatic heterocycles. The second-order valence-electron chi connectivity index (χ2n) is 4.62. The van der Waals surface area contributed by atoms with Gasteiger partial charge in [0.1, 0.15) is 0 Å². The number of amides is 1. The molecule has 1 amide bonds. The SMILES string of the molecule is CCN(C(=O)c1cc(OC)no1)C1CCCCC1. The van der Waals surface area contributed by atoms with Gasteiger partial charge in [-0.15, -0.1) is 0 Å². The lowest BCUT2D eigenvalue weighted by atomic mass is 9.94. The fourth-order valence-electron chi connectivity index (χ4n) is 2.56. The quantitative estimate of drug-likeness (QED) is 0.826. The summed E-state index contributed by atoms with van der Waals surface area (Å²) in [6, 6.07) is 1.89. The molecule has 1 heterocycles. The van der Waals surface area contributed by atoms with Crippen LogP contribution >= 0.6 is 0 Å². The van der Waals surface area contributed by atoms with Gasteiger partial charge in [0.25, 0.3) is 11.8 Å².